The fourth-order valence-corrected chi connectivity index (χ4v) is 9.32. The van der Waals surface area contributed by atoms with Gasteiger partial charge in [0.05, 0.1) is 0 Å². The molecule has 10 aromatic rings. The van der Waals surface area contributed by atoms with Gasteiger partial charge in [-0.1, -0.05) is 133 Å². The van der Waals surface area contributed by atoms with E-state index in [0.717, 1.165) is 33.1 Å². The Morgan fingerprint density at radius 1 is 0.320 bits per heavy atom. The molecule has 0 amide bonds. The third-order valence-corrected chi connectivity index (χ3v) is 11.6. The largest absolute Gasteiger partial charge is 0.455 e. The maximum absolute atomic E-state index is 6.64. The molecule has 1 nitrogen and oxygen atoms in total. The first-order valence-electron chi connectivity index (χ1n) is 17.1. The van der Waals surface area contributed by atoms with Crippen LogP contribution in [-0.4, -0.2) is 0 Å². The van der Waals surface area contributed by atoms with E-state index in [4.69, 9.17) is 4.42 Å². The molecule has 232 valence electrons. The van der Waals surface area contributed by atoms with Crippen LogP contribution in [0.4, 0.5) is 0 Å². The Labute approximate surface area is 293 Å². The molecule has 11 rings (SSSR count). The van der Waals surface area contributed by atoms with E-state index in [1.807, 2.05) is 17.4 Å². The number of rotatable bonds is 2. The number of hydrogen-bond acceptors (Lipinski definition) is 2. The molecule has 0 spiro atoms. The van der Waals surface area contributed by atoms with Crippen LogP contribution < -0.4 is 0 Å². The highest BCUT2D eigenvalue weighted by molar-refractivity contribution is 7.25. The summed E-state index contributed by atoms with van der Waals surface area (Å²) < 4.78 is 9.26. The smallest absolute Gasteiger partial charge is 0.143 e. The van der Waals surface area contributed by atoms with Gasteiger partial charge in [0.1, 0.15) is 11.2 Å². The predicted molar refractivity (Wildman–Crippen MR) is 213 cm³/mol. The molecule has 2 heteroatoms. The van der Waals surface area contributed by atoms with Crippen molar-refractivity contribution >= 4 is 53.4 Å². The van der Waals surface area contributed by atoms with Crippen molar-refractivity contribution in [3.63, 3.8) is 0 Å². The van der Waals surface area contributed by atoms with Gasteiger partial charge in [-0.2, -0.15) is 0 Å². The lowest BCUT2D eigenvalue weighted by Crippen LogP contribution is -1.99. The lowest BCUT2D eigenvalue weighted by molar-refractivity contribution is 0.670. The summed E-state index contributed by atoms with van der Waals surface area (Å²) in [5.41, 5.74) is 16.4. The van der Waals surface area contributed by atoms with E-state index in [2.05, 4.69) is 164 Å². The molecule has 0 atom stereocenters. The molecule has 1 aliphatic rings. The van der Waals surface area contributed by atoms with Crippen LogP contribution in [0, 0.1) is 0 Å². The Balaban J connectivity index is 1.30. The number of furan rings is 1. The second kappa shape index (κ2) is 10.6. The topological polar surface area (TPSA) is 13.1 Å². The molecule has 0 bridgehead atoms. The minimum absolute atomic E-state index is 0.909. The van der Waals surface area contributed by atoms with E-state index < -0.39 is 0 Å². The van der Waals surface area contributed by atoms with E-state index in [0.29, 0.717) is 0 Å². The zero-order chi connectivity index (χ0) is 32.8. The summed E-state index contributed by atoms with van der Waals surface area (Å²) in [6.07, 6.45) is 0. The molecule has 0 saturated heterocycles. The highest BCUT2D eigenvalue weighted by Gasteiger charge is 2.26. The van der Waals surface area contributed by atoms with Crippen LogP contribution in [0.5, 0.6) is 0 Å². The predicted octanol–water partition coefficient (Wildman–Crippen LogP) is 14.3. The van der Waals surface area contributed by atoms with Crippen LogP contribution in [-0.2, 0) is 0 Å². The number of hydrogen-bond donors (Lipinski definition) is 0. The fraction of sp³-hybridized carbons (Fsp3) is 0. The van der Waals surface area contributed by atoms with Crippen molar-refractivity contribution in [3.8, 4) is 66.8 Å². The minimum atomic E-state index is 0.909. The Bertz CT molecular complexity index is 2990. The monoisotopic (exact) mass is 652 g/mol. The molecule has 0 saturated carbocycles. The van der Waals surface area contributed by atoms with Crippen LogP contribution in [0.2, 0.25) is 0 Å². The quantitative estimate of drug-likeness (QED) is 0.181. The Morgan fingerprint density at radius 3 is 1.62 bits per heavy atom. The molecule has 0 N–H and O–H groups in total. The van der Waals surface area contributed by atoms with E-state index in [-0.39, 0.29) is 0 Å². The fourth-order valence-electron chi connectivity index (χ4n) is 8.24. The molecule has 2 aromatic heterocycles. The van der Waals surface area contributed by atoms with Crippen LogP contribution >= 0.6 is 11.3 Å². The SMILES string of the molecule is c1ccc2c(c1)-c1ccccc1-c1cc(-c3cccc4c3oc3ccccc34)cc(-c3ccc4sc5ccccc5c4c3)c1-c1ccccc1-2. The van der Waals surface area contributed by atoms with Gasteiger partial charge in [0, 0.05) is 36.5 Å². The van der Waals surface area contributed by atoms with E-state index in [1.165, 1.54) is 75.8 Å². The highest BCUT2D eigenvalue weighted by Crippen LogP contribution is 2.52. The summed E-state index contributed by atoms with van der Waals surface area (Å²) in [7, 11) is 0. The summed E-state index contributed by atoms with van der Waals surface area (Å²) in [4.78, 5) is 0. The number of thiophene rings is 1. The van der Waals surface area contributed by atoms with Crippen molar-refractivity contribution in [1.29, 1.82) is 0 Å². The third kappa shape index (κ3) is 4.00. The Hall–Kier alpha value is -6.22. The van der Waals surface area contributed by atoms with Gasteiger partial charge >= 0.3 is 0 Å². The first-order chi connectivity index (χ1) is 24.8. The second-order valence-corrected chi connectivity index (χ2v) is 14.3. The van der Waals surface area contributed by atoms with Crippen molar-refractivity contribution in [1.82, 2.24) is 0 Å². The molecule has 50 heavy (non-hydrogen) atoms. The lowest BCUT2D eigenvalue weighted by atomic mass is 9.77. The Kier molecular flexibility index (Phi) is 5.89. The van der Waals surface area contributed by atoms with Crippen molar-refractivity contribution in [2.24, 2.45) is 0 Å². The summed E-state index contributed by atoms with van der Waals surface area (Å²) in [5.74, 6) is 0. The molecule has 0 fully saturated rings. The van der Waals surface area contributed by atoms with E-state index in [1.54, 1.807) is 0 Å². The average Bonchev–Trinajstić information content (AvgIpc) is 3.75. The van der Waals surface area contributed by atoms with Gasteiger partial charge < -0.3 is 4.42 Å². The molecule has 0 unspecified atom stereocenters. The third-order valence-electron chi connectivity index (χ3n) is 10.5. The second-order valence-electron chi connectivity index (χ2n) is 13.2. The highest BCUT2D eigenvalue weighted by atomic mass is 32.1. The zero-order valence-corrected chi connectivity index (χ0v) is 27.8. The molecule has 0 aliphatic heterocycles. The summed E-state index contributed by atoms with van der Waals surface area (Å²) >= 11 is 1.86. The van der Waals surface area contributed by atoms with Crippen molar-refractivity contribution in [3.05, 3.63) is 170 Å². The van der Waals surface area contributed by atoms with Gasteiger partial charge in [-0.25, -0.2) is 0 Å². The van der Waals surface area contributed by atoms with Gasteiger partial charge in [-0.15, -0.1) is 11.3 Å². The Morgan fingerprint density at radius 2 is 0.860 bits per heavy atom. The van der Waals surface area contributed by atoms with E-state index in [9.17, 15) is 0 Å². The summed E-state index contributed by atoms with van der Waals surface area (Å²) in [6.45, 7) is 0. The summed E-state index contributed by atoms with van der Waals surface area (Å²) in [6, 6.07) is 62.3. The minimum Gasteiger partial charge on any atom is -0.455 e. The standard InChI is InChI=1S/C48H28OS/c1-2-13-33-32(12-1)34-14-3-4-16-36(34)43-28-30(31-20-11-21-40-37-17-7-9-22-44(37)49-48(31)40)27-41(47(43)39-19-6-5-15-35(33)39)29-24-25-46-42(26-29)38-18-8-10-23-45(38)50-46/h1-28H. The maximum atomic E-state index is 6.64. The van der Waals surface area contributed by atoms with Crippen molar-refractivity contribution in [2.45, 2.75) is 0 Å². The summed E-state index contributed by atoms with van der Waals surface area (Å²) in [5, 5.41) is 4.88. The number of para-hydroxylation sites is 2. The maximum Gasteiger partial charge on any atom is 0.143 e. The van der Waals surface area contributed by atoms with Gasteiger partial charge in [0.2, 0.25) is 0 Å². The normalized spacial score (nSPS) is 12.0. The van der Waals surface area contributed by atoms with E-state index >= 15 is 0 Å². The first kappa shape index (κ1) is 27.7. The van der Waals surface area contributed by atoms with Gasteiger partial charge in [0.25, 0.3) is 0 Å². The van der Waals surface area contributed by atoms with Crippen LogP contribution in [0.3, 0.4) is 0 Å². The number of fused-ring (bicyclic) bond motifs is 14. The lowest BCUT2D eigenvalue weighted by Gasteiger charge is -2.26. The molecule has 1 aliphatic carbocycles. The molecular weight excluding hydrogens is 625 g/mol. The molecule has 2 heterocycles. The molecule has 8 aromatic carbocycles. The molecular formula is C48H28OS. The van der Waals surface area contributed by atoms with Crippen molar-refractivity contribution < 1.29 is 4.42 Å². The van der Waals surface area contributed by atoms with Gasteiger partial charge in [-0.05, 0) is 97.6 Å². The molecule has 0 radical (unpaired) electrons. The van der Waals surface area contributed by atoms with Crippen LogP contribution in [0.15, 0.2) is 174 Å². The van der Waals surface area contributed by atoms with Gasteiger partial charge in [0.15, 0.2) is 0 Å². The zero-order valence-electron chi connectivity index (χ0n) is 27.0. The van der Waals surface area contributed by atoms with Crippen molar-refractivity contribution in [2.75, 3.05) is 0 Å². The van der Waals surface area contributed by atoms with Crippen LogP contribution in [0.25, 0.3) is 109 Å². The van der Waals surface area contributed by atoms with Gasteiger partial charge in [-0.3, -0.25) is 0 Å². The van der Waals surface area contributed by atoms with Crippen LogP contribution in [0.1, 0.15) is 0 Å². The number of benzene rings is 8. The average molecular weight is 653 g/mol. The first-order valence-corrected chi connectivity index (χ1v) is 17.9.